The van der Waals surface area contributed by atoms with Gasteiger partial charge < -0.3 is 29.5 Å². The standard InChI is InChI=1S/C32H33ClF2N2O6/c1-32(34,35)26-16-27-20(12-28(26)42-3)8-9-37(27)30(38)29(19-4-6-22(33)7-5-19)36-23-13-24(41-2)15-25(14-23)43-17-18-10-21(11-18)31(39)40/h4-7,12-16,18,21,29,36H,8-11,17H2,1-3H3,(H,39,40). The topological polar surface area (TPSA) is 97.3 Å². The smallest absolute Gasteiger partial charge is 0.306 e. The van der Waals surface area contributed by atoms with E-state index < -0.39 is 17.9 Å². The molecule has 11 heteroatoms. The third-order valence-corrected chi connectivity index (χ3v) is 8.23. The Bertz CT molecular complexity index is 1500. The lowest BCUT2D eigenvalue weighted by molar-refractivity contribution is -0.146. The number of carboxylic acid groups (broad SMARTS) is 1. The van der Waals surface area contributed by atoms with Crippen LogP contribution in [0.2, 0.25) is 5.02 Å². The predicted molar refractivity (Wildman–Crippen MR) is 159 cm³/mol. The SMILES string of the molecule is COc1cc(NC(C(=O)N2CCc3cc(OC)c(C(C)(F)F)cc32)c2ccc(Cl)cc2)cc(OCC2CC(C(=O)O)C2)c1. The average molecular weight is 615 g/mol. The molecule has 2 N–H and O–H groups in total. The van der Waals surface area contributed by atoms with E-state index in [1.807, 2.05) is 0 Å². The zero-order valence-corrected chi connectivity index (χ0v) is 24.8. The van der Waals surface area contributed by atoms with E-state index in [1.165, 1.54) is 25.2 Å². The number of hydrogen-bond donors (Lipinski definition) is 2. The van der Waals surface area contributed by atoms with Crippen LogP contribution >= 0.6 is 11.6 Å². The molecule has 3 aromatic rings. The number of carboxylic acids is 1. The van der Waals surface area contributed by atoms with Gasteiger partial charge in [-0.15, -0.1) is 0 Å². The molecular formula is C32H33ClF2N2O6. The fourth-order valence-electron chi connectivity index (χ4n) is 5.56. The predicted octanol–water partition coefficient (Wildman–Crippen LogP) is 6.70. The lowest BCUT2D eigenvalue weighted by atomic mass is 9.75. The molecule has 1 heterocycles. The lowest BCUT2D eigenvalue weighted by Crippen LogP contribution is -2.37. The van der Waals surface area contributed by atoms with Gasteiger partial charge in [0.25, 0.3) is 11.8 Å². The monoisotopic (exact) mass is 614 g/mol. The van der Waals surface area contributed by atoms with Crippen LogP contribution in [0.5, 0.6) is 17.2 Å². The number of methoxy groups -OCH3 is 2. The molecule has 1 fully saturated rings. The van der Waals surface area contributed by atoms with Crippen LogP contribution in [0.1, 0.15) is 42.5 Å². The van der Waals surface area contributed by atoms with E-state index in [1.54, 1.807) is 48.5 Å². The molecule has 2 aliphatic rings. The number of benzene rings is 3. The van der Waals surface area contributed by atoms with E-state index in [2.05, 4.69) is 5.32 Å². The first-order valence-corrected chi connectivity index (χ1v) is 14.3. The van der Waals surface area contributed by atoms with Gasteiger partial charge in [-0.1, -0.05) is 23.7 Å². The number of rotatable bonds is 11. The Kier molecular flexibility index (Phi) is 8.69. The van der Waals surface area contributed by atoms with Crippen LogP contribution in [0, 0.1) is 11.8 Å². The van der Waals surface area contributed by atoms with E-state index in [9.17, 15) is 18.4 Å². The Balaban J connectivity index is 1.43. The van der Waals surface area contributed by atoms with Crippen molar-refractivity contribution in [1.82, 2.24) is 0 Å². The van der Waals surface area contributed by atoms with Crippen LogP contribution in [0.25, 0.3) is 0 Å². The highest BCUT2D eigenvalue weighted by molar-refractivity contribution is 6.30. The molecule has 228 valence electrons. The molecule has 0 radical (unpaired) electrons. The number of hydrogen-bond acceptors (Lipinski definition) is 6. The van der Waals surface area contributed by atoms with E-state index in [0.717, 1.165) is 12.5 Å². The van der Waals surface area contributed by atoms with Crippen molar-refractivity contribution in [2.75, 3.05) is 37.6 Å². The fraction of sp³-hybridized carbons (Fsp3) is 0.375. The quantitative estimate of drug-likeness (QED) is 0.248. The van der Waals surface area contributed by atoms with Crippen LogP contribution < -0.4 is 24.4 Å². The number of amides is 1. The van der Waals surface area contributed by atoms with Crippen molar-refractivity contribution in [2.24, 2.45) is 11.8 Å². The van der Waals surface area contributed by atoms with Gasteiger partial charge >= 0.3 is 5.97 Å². The summed E-state index contributed by atoms with van der Waals surface area (Å²) in [4.78, 5) is 26.9. The maximum Gasteiger partial charge on any atom is 0.306 e. The first-order valence-electron chi connectivity index (χ1n) is 13.9. The molecule has 1 atom stereocenters. The number of carbonyl (C=O) groups excluding carboxylic acids is 1. The molecule has 1 aliphatic heterocycles. The van der Waals surface area contributed by atoms with E-state index in [0.29, 0.717) is 65.9 Å². The van der Waals surface area contributed by atoms with Crippen molar-refractivity contribution >= 4 is 34.9 Å². The van der Waals surface area contributed by atoms with E-state index in [4.69, 9.17) is 30.9 Å². The van der Waals surface area contributed by atoms with E-state index >= 15 is 0 Å². The van der Waals surface area contributed by atoms with Gasteiger partial charge in [-0.25, -0.2) is 8.78 Å². The maximum atomic E-state index is 14.5. The highest BCUT2D eigenvalue weighted by Gasteiger charge is 2.37. The number of nitrogens with zero attached hydrogens (tertiary/aromatic N) is 1. The number of fused-ring (bicyclic) bond motifs is 1. The molecule has 1 unspecified atom stereocenters. The molecule has 3 aromatic carbocycles. The van der Waals surface area contributed by atoms with Crippen LogP contribution in [-0.2, 0) is 21.9 Å². The minimum absolute atomic E-state index is 0.0808. The number of aliphatic carboxylic acids is 1. The average Bonchev–Trinajstić information content (AvgIpc) is 3.37. The third-order valence-electron chi connectivity index (χ3n) is 7.98. The summed E-state index contributed by atoms with van der Waals surface area (Å²) < 4.78 is 45.7. The number of carbonyl (C=O) groups is 2. The maximum absolute atomic E-state index is 14.5. The number of halogens is 3. The molecule has 8 nitrogen and oxygen atoms in total. The van der Waals surface area contributed by atoms with E-state index in [-0.39, 0.29) is 29.1 Å². The number of alkyl halides is 2. The van der Waals surface area contributed by atoms with Gasteiger partial charge in [0.15, 0.2) is 0 Å². The van der Waals surface area contributed by atoms with Gasteiger partial charge in [-0.2, -0.15) is 0 Å². The molecule has 0 aromatic heterocycles. The first-order chi connectivity index (χ1) is 20.5. The summed E-state index contributed by atoms with van der Waals surface area (Å²) in [5.74, 6) is -3.42. The third kappa shape index (κ3) is 6.64. The first kappa shape index (κ1) is 30.4. The van der Waals surface area contributed by atoms with Gasteiger partial charge in [0.2, 0.25) is 0 Å². The summed E-state index contributed by atoms with van der Waals surface area (Å²) in [5, 5.41) is 12.9. The Hall–Kier alpha value is -4.05. The van der Waals surface area contributed by atoms with Gasteiger partial charge in [-0.3, -0.25) is 9.59 Å². The molecule has 43 heavy (non-hydrogen) atoms. The van der Waals surface area contributed by atoms with Gasteiger partial charge in [-0.05, 0) is 60.6 Å². The van der Waals surface area contributed by atoms with Crippen LogP contribution in [0.3, 0.4) is 0 Å². The number of nitrogens with one attached hydrogen (secondary N) is 1. The normalized spacial score (nSPS) is 18.3. The molecule has 0 bridgehead atoms. The highest BCUT2D eigenvalue weighted by Crippen LogP contribution is 2.42. The van der Waals surface area contributed by atoms with Gasteiger partial charge in [0.1, 0.15) is 23.3 Å². The largest absolute Gasteiger partial charge is 0.497 e. The minimum Gasteiger partial charge on any atom is -0.497 e. The molecule has 1 aliphatic carbocycles. The minimum atomic E-state index is -3.17. The Morgan fingerprint density at radius 1 is 1.07 bits per heavy atom. The molecular weight excluding hydrogens is 582 g/mol. The summed E-state index contributed by atoms with van der Waals surface area (Å²) in [5.41, 5.74) is 2.02. The molecule has 5 rings (SSSR count). The Morgan fingerprint density at radius 2 is 1.77 bits per heavy atom. The molecule has 0 saturated heterocycles. The van der Waals surface area contributed by atoms with Gasteiger partial charge in [0.05, 0.1) is 32.3 Å². The fourth-order valence-corrected chi connectivity index (χ4v) is 5.69. The van der Waals surface area contributed by atoms with Crippen molar-refractivity contribution in [2.45, 2.75) is 38.2 Å². The van der Waals surface area contributed by atoms with Crippen LogP contribution in [-0.4, -0.2) is 44.4 Å². The lowest BCUT2D eigenvalue weighted by Gasteiger charge is -2.32. The molecule has 0 spiro atoms. The van der Waals surface area contributed by atoms with Crippen molar-refractivity contribution < 1.29 is 37.7 Å². The Labute approximate surface area is 253 Å². The highest BCUT2D eigenvalue weighted by atomic mass is 35.5. The summed E-state index contributed by atoms with van der Waals surface area (Å²) in [6.07, 6.45) is 1.61. The van der Waals surface area contributed by atoms with Crippen molar-refractivity contribution in [3.05, 3.63) is 76.3 Å². The summed E-state index contributed by atoms with van der Waals surface area (Å²) in [6, 6.07) is 14.0. The number of anilines is 2. The molecule has 1 saturated carbocycles. The van der Waals surface area contributed by atoms with Crippen molar-refractivity contribution in [3.8, 4) is 17.2 Å². The van der Waals surface area contributed by atoms with Crippen molar-refractivity contribution in [3.63, 3.8) is 0 Å². The molecule has 1 amide bonds. The second kappa shape index (κ2) is 12.3. The van der Waals surface area contributed by atoms with Crippen LogP contribution in [0.4, 0.5) is 20.2 Å². The zero-order chi connectivity index (χ0) is 30.9. The summed E-state index contributed by atoms with van der Waals surface area (Å²) in [6.45, 7) is 1.47. The van der Waals surface area contributed by atoms with Crippen molar-refractivity contribution in [1.29, 1.82) is 0 Å². The number of ether oxygens (including phenoxy) is 3. The summed E-state index contributed by atoms with van der Waals surface area (Å²) in [7, 11) is 2.87. The van der Waals surface area contributed by atoms with Gasteiger partial charge in [0, 0.05) is 48.1 Å². The zero-order valence-electron chi connectivity index (χ0n) is 24.0. The van der Waals surface area contributed by atoms with Crippen LogP contribution in [0.15, 0.2) is 54.6 Å². The second-order valence-corrected chi connectivity index (χ2v) is 11.5. The summed E-state index contributed by atoms with van der Waals surface area (Å²) >= 11 is 6.14. The Morgan fingerprint density at radius 3 is 2.40 bits per heavy atom. The second-order valence-electron chi connectivity index (χ2n) is 11.0.